The van der Waals surface area contributed by atoms with E-state index in [1.54, 1.807) is 0 Å². The second kappa shape index (κ2) is 4.48. The Balaban J connectivity index is 2.89. The summed E-state index contributed by atoms with van der Waals surface area (Å²) in [6, 6.07) is 3.89. The molecule has 1 aromatic carbocycles. The van der Waals surface area contributed by atoms with Crippen LogP contribution in [0.1, 0.15) is 17.3 Å². The average molecular weight is 221 g/mol. The first-order chi connectivity index (χ1) is 7.41. The number of phenols is 1. The van der Waals surface area contributed by atoms with E-state index < -0.39 is 11.9 Å². The number of aromatic hydroxyl groups is 1. The van der Waals surface area contributed by atoms with Crippen molar-refractivity contribution >= 4 is 17.6 Å². The summed E-state index contributed by atoms with van der Waals surface area (Å²) < 4.78 is 4.44. The molecule has 84 valence electrons. The third kappa shape index (κ3) is 2.60. The number of nitrogens with two attached hydrogens (primary N) is 1. The lowest BCUT2D eigenvalue weighted by Gasteiger charge is -2.04. The van der Waals surface area contributed by atoms with Crippen LogP contribution < -0.4 is 5.73 Å². The number of phenolic OH excluding ortho intramolecular Hbond substituents is 1. The van der Waals surface area contributed by atoms with Crippen molar-refractivity contribution in [1.82, 2.24) is 0 Å². The van der Waals surface area contributed by atoms with Gasteiger partial charge in [0.1, 0.15) is 11.3 Å². The van der Waals surface area contributed by atoms with Crippen molar-refractivity contribution in [2.24, 2.45) is 0 Å². The molecule has 1 rings (SSSR count). The molecule has 0 amide bonds. The average Bonchev–Trinajstić information content (AvgIpc) is 2.16. The van der Waals surface area contributed by atoms with Gasteiger partial charge in [0.05, 0.1) is 0 Å². The van der Waals surface area contributed by atoms with Crippen molar-refractivity contribution in [3.05, 3.63) is 35.9 Å². The number of anilines is 1. The molecule has 0 unspecified atom stereocenters. The topological polar surface area (TPSA) is 89.6 Å². The molecule has 0 heterocycles. The van der Waals surface area contributed by atoms with Gasteiger partial charge >= 0.3 is 11.9 Å². The van der Waals surface area contributed by atoms with E-state index in [9.17, 15) is 14.7 Å². The minimum Gasteiger partial charge on any atom is -0.507 e. The molecule has 0 radical (unpaired) electrons. The first-order valence-electron chi connectivity index (χ1n) is 4.42. The highest BCUT2D eigenvalue weighted by Crippen LogP contribution is 2.21. The Morgan fingerprint density at radius 2 is 2.06 bits per heavy atom. The fourth-order valence-electron chi connectivity index (χ4n) is 0.948. The summed E-state index contributed by atoms with van der Waals surface area (Å²) in [7, 11) is 0. The quantitative estimate of drug-likeness (QED) is 0.339. The maximum Gasteiger partial charge on any atom is 0.349 e. The van der Waals surface area contributed by atoms with Gasteiger partial charge in [-0.25, -0.2) is 9.59 Å². The number of carbonyl (C=O) groups excluding carboxylic acids is 2. The van der Waals surface area contributed by atoms with E-state index in [0.29, 0.717) is 5.69 Å². The van der Waals surface area contributed by atoms with Crippen LogP contribution in [-0.4, -0.2) is 17.0 Å². The summed E-state index contributed by atoms with van der Waals surface area (Å²) in [6.07, 6.45) is 0. The van der Waals surface area contributed by atoms with Crippen molar-refractivity contribution in [2.75, 3.05) is 5.73 Å². The van der Waals surface area contributed by atoms with E-state index in [-0.39, 0.29) is 16.9 Å². The number of benzene rings is 1. The van der Waals surface area contributed by atoms with Crippen molar-refractivity contribution in [2.45, 2.75) is 6.92 Å². The van der Waals surface area contributed by atoms with Crippen LogP contribution in [0.3, 0.4) is 0 Å². The second-order valence-electron chi connectivity index (χ2n) is 3.23. The van der Waals surface area contributed by atoms with E-state index >= 15 is 0 Å². The molecule has 0 aliphatic rings. The van der Waals surface area contributed by atoms with Gasteiger partial charge in [0.2, 0.25) is 0 Å². The van der Waals surface area contributed by atoms with Crippen LogP contribution in [0, 0.1) is 0 Å². The lowest BCUT2D eigenvalue weighted by Crippen LogP contribution is -2.13. The minimum atomic E-state index is -0.939. The molecule has 0 aliphatic heterocycles. The van der Waals surface area contributed by atoms with Crippen molar-refractivity contribution in [1.29, 1.82) is 0 Å². The Morgan fingerprint density at radius 1 is 1.44 bits per heavy atom. The number of esters is 2. The molecule has 5 nitrogen and oxygen atoms in total. The van der Waals surface area contributed by atoms with Crippen LogP contribution in [0.5, 0.6) is 5.75 Å². The summed E-state index contributed by atoms with van der Waals surface area (Å²) in [4.78, 5) is 22.5. The number of carbonyl (C=O) groups is 2. The first-order valence-corrected chi connectivity index (χ1v) is 4.42. The molecule has 0 aliphatic carbocycles. The molecule has 0 spiro atoms. The minimum absolute atomic E-state index is 0.100. The number of ether oxygens (including phenoxy) is 1. The molecule has 0 bridgehead atoms. The van der Waals surface area contributed by atoms with E-state index in [2.05, 4.69) is 11.3 Å². The van der Waals surface area contributed by atoms with Crippen LogP contribution in [0.2, 0.25) is 0 Å². The summed E-state index contributed by atoms with van der Waals surface area (Å²) in [6.45, 7) is 4.74. The molecule has 0 saturated heterocycles. The molecule has 0 aromatic heterocycles. The zero-order valence-corrected chi connectivity index (χ0v) is 8.69. The second-order valence-corrected chi connectivity index (χ2v) is 3.23. The first kappa shape index (κ1) is 11.8. The Labute approximate surface area is 92.1 Å². The Morgan fingerprint density at radius 3 is 2.56 bits per heavy atom. The molecular formula is C11H11NO4. The van der Waals surface area contributed by atoms with Gasteiger partial charge in [0.15, 0.2) is 0 Å². The fraction of sp³-hybridized carbons (Fsp3) is 0.0909. The highest BCUT2D eigenvalue weighted by molar-refractivity contribution is 6.03. The van der Waals surface area contributed by atoms with E-state index in [0.717, 1.165) is 0 Å². The Bertz CT molecular complexity index is 465. The van der Waals surface area contributed by atoms with E-state index in [1.165, 1.54) is 25.1 Å². The smallest absolute Gasteiger partial charge is 0.349 e. The summed E-state index contributed by atoms with van der Waals surface area (Å²) in [5.41, 5.74) is 5.67. The van der Waals surface area contributed by atoms with Gasteiger partial charge in [-0.05, 0) is 19.1 Å². The third-order valence-corrected chi connectivity index (χ3v) is 1.78. The number of rotatable bonds is 2. The summed E-state index contributed by atoms with van der Waals surface area (Å²) in [5.74, 6) is -2.11. The monoisotopic (exact) mass is 221 g/mol. The number of hydrogen-bond donors (Lipinski definition) is 2. The molecule has 1 aromatic rings. The van der Waals surface area contributed by atoms with Gasteiger partial charge in [-0.3, -0.25) is 0 Å². The summed E-state index contributed by atoms with van der Waals surface area (Å²) >= 11 is 0. The lowest BCUT2D eigenvalue weighted by molar-refractivity contribution is -0.133. The van der Waals surface area contributed by atoms with Crippen LogP contribution in [0.4, 0.5) is 5.69 Å². The van der Waals surface area contributed by atoms with Crippen molar-refractivity contribution < 1.29 is 19.4 Å². The molecule has 5 heteroatoms. The largest absolute Gasteiger partial charge is 0.507 e. The predicted molar refractivity (Wildman–Crippen MR) is 57.8 cm³/mol. The van der Waals surface area contributed by atoms with Crippen LogP contribution in [-0.2, 0) is 9.53 Å². The van der Waals surface area contributed by atoms with Gasteiger partial charge in [-0.1, -0.05) is 6.58 Å². The molecule has 0 fully saturated rings. The molecular weight excluding hydrogens is 210 g/mol. The zero-order chi connectivity index (χ0) is 12.3. The number of hydrogen-bond acceptors (Lipinski definition) is 5. The van der Waals surface area contributed by atoms with Gasteiger partial charge in [-0.15, -0.1) is 0 Å². The number of nitrogen functional groups attached to an aromatic ring is 1. The highest BCUT2D eigenvalue weighted by Gasteiger charge is 2.16. The van der Waals surface area contributed by atoms with Gasteiger partial charge in [-0.2, -0.15) is 0 Å². The Hall–Kier alpha value is -2.30. The van der Waals surface area contributed by atoms with Crippen molar-refractivity contribution in [3.63, 3.8) is 0 Å². The lowest BCUT2D eigenvalue weighted by atomic mass is 10.2. The van der Waals surface area contributed by atoms with Gasteiger partial charge in [0, 0.05) is 17.3 Å². The third-order valence-electron chi connectivity index (χ3n) is 1.78. The fourth-order valence-corrected chi connectivity index (χ4v) is 0.948. The van der Waals surface area contributed by atoms with Gasteiger partial charge < -0.3 is 15.6 Å². The Kier molecular flexibility index (Phi) is 3.30. The summed E-state index contributed by atoms with van der Waals surface area (Å²) in [5, 5.41) is 9.40. The normalized spacial score (nSPS) is 9.56. The zero-order valence-electron chi connectivity index (χ0n) is 8.69. The maximum absolute atomic E-state index is 11.4. The SMILES string of the molecule is C=C(C)C(=O)OC(=O)c1ccc(N)cc1O. The maximum atomic E-state index is 11.4. The molecule has 0 atom stereocenters. The molecule has 3 N–H and O–H groups in total. The predicted octanol–water partition coefficient (Wildman–Crippen LogP) is 1.23. The standard InChI is InChI=1S/C11H11NO4/c1-6(2)10(14)16-11(15)8-4-3-7(12)5-9(8)13/h3-5,13H,1,12H2,2H3. The van der Waals surface area contributed by atoms with Crippen LogP contribution in [0.15, 0.2) is 30.4 Å². The highest BCUT2D eigenvalue weighted by atomic mass is 16.6. The van der Waals surface area contributed by atoms with Gasteiger partial charge in [0.25, 0.3) is 0 Å². The van der Waals surface area contributed by atoms with E-state index in [4.69, 9.17) is 5.73 Å². The van der Waals surface area contributed by atoms with Crippen LogP contribution >= 0.6 is 0 Å². The molecule has 0 saturated carbocycles. The van der Waals surface area contributed by atoms with Crippen molar-refractivity contribution in [3.8, 4) is 5.75 Å². The van der Waals surface area contributed by atoms with E-state index in [1.807, 2.05) is 0 Å². The molecule has 16 heavy (non-hydrogen) atoms. The van der Waals surface area contributed by atoms with Crippen LogP contribution in [0.25, 0.3) is 0 Å².